The van der Waals surface area contributed by atoms with Gasteiger partial charge < -0.3 is 4.57 Å². The van der Waals surface area contributed by atoms with Gasteiger partial charge in [0.15, 0.2) is 0 Å². The summed E-state index contributed by atoms with van der Waals surface area (Å²) >= 11 is 1.33. The maximum atomic E-state index is 13.0. The van der Waals surface area contributed by atoms with Gasteiger partial charge in [-0.25, -0.2) is 4.39 Å². The first-order valence-corrected chi connectivity index (χ1v) is 9.17. The third-order valence-electron chi connectivity index (χ3n) is 3.55. The lowest BCUT2D eigenvalue weighted by Gasteiger charge is -2.00. The topological polar surface area (TPSA) is 51.4 Å². The van der Waals surface area contributed by atoms with E-state index in [2.05, 4.69) is 10.5 Å². The molecule has 0 bridgehead atoms. The molecule has 0 amide bonds. The summed E-state index contributed by atoms with van der Waals surface area (Å²) in [4.78, 5) is 0.363. The van der Waals surface area contributed by atoms with Gasteiger partial charge in [-0.3, -0.25) is 0 Å². The number of thiazole rings is 1. The lowest BCUT2D eigenvalue weighted by atomic mass is 10.1. The largest absolute Gasteiger partial charge is 0.319 e. The quantitative estimate of drug-likeness (QED) is 0.712. The van der Waals surface area contributed by atoms with E-state index in [4.69, 9.17) is 0 Å². The van der Waals surface area contributed by atoms with Crippen molar-refractivity contribution in [1.29, 1.82) is 0 Å². The Morgan fingerprint density at radius 1 is 1.13 bits per heavy atom. The Morgan fingerprint density at radius 2 is 1.78 bits per heavy atom. The van der Waals surface area contributed by atoms with E-state index in [-0.39, 0.29) is 4.90 Å². The Kier molecular flexibility index (Phi) is 3.85. The minimum Gasteiger partial charge on any atom is -0.319 e. The molecule has 4 nitrogen and oxygen atoms in total. The van der Waals surface area contributed by atoms with Gasteiger partial charge in [0.25, 0.3) is 10.0 Å². The minimum atomic E-state index is -3.88. The molecule has 0 aliphatic heterocycles. The summed E-state index contributed by atoms with van der Waals surface area (Å²) in [5.41, 5.74) is 3.14. The molecule has 0 saturated heterocycles. The van der Waals surface area contributed by atoms with E-state index in [1.165, 1.54) is 23.5 Å². The fraction of sp³-hybridized carbons (Fsp3) is 0.188. The minimum absolute atomic E-state index is 0.0238. The lowest BCUT2D eigenvalue weighted by molar-refractivity contribution is 0.595. The zero-order chi connectivity index (χ0) is 16.8. The van der Waals surface area contributed by atoms with Crippen molar-refractivity contribution in [2.75, 3.05) is 0 Å². The van der Waals surface area contributed by atoms with Crippen LogP contribution in [-0.4, -0.2) is 13.0 Å². The molecule has 0 fully saturated rings. The highest BCUT2D eigenvalue weighted by Crippen LogP contribution is 2.23. The Hall–Kier alpha value is -1.99. The molecule has 0 N–H and O–H groups in total. The van der Waals surface area contributed by atoms with Crippen molar-refractivity contribution in [3.63, 3.8) is 0 Å². The molecule has 0 radical (unpaired) electrons. The summed E-state index contributed by atoms with van der Waals surface area (Å²) in [5.74, 6) is -0.484. The fourth-order valence-electron chi connectivity index (χ4n) is 2.42. The number of aromatic nitrogens is 1. The molecule has 3 aromatic rings. The molecule has 120 valence electrons. The SMILES string of the molecule is Cc1cc(C)c2s/c(=N\S(=O)(=O)c3ccc(F)cc3)n(C)c2c1. The molecular formula is C16H15FN2O2S2. The zero-order valence-electron chi connectivity index (χ0n) is 12.9. The number of hydrogen-bond donors (Lipinski definition) is 0. The second kappa shape index (κ2) is 5.58. The Labute approximate surface area is 137 Å². The molecule has 0 aliphatic rings. The Bertz CT molecular complexity index is 1060. The van der Waals surface area contributed by atoms with Crippen molar-refractivity contribution in [1.82, 2.24) is 4.57 Å². The van der Waals surface area contributed by atoms with E-state index in [9.17, 15) is 12.8 Å². The maximum Gasteiger partial charge on any atom is 0.285 e. The van der Waals surface area contributed by atoms with Gasteiger partial charge in [0, 0.05) is 7.05 Å². The second-order valence-corrected chi connectivity index (χ2v) is 7.98. The standard InChI is InChI=1S/C16H15FN2O2S2/c1-10-8-11(2)15-14(9-10)19(3)16(22-15)18-23(20,21)13-6-4-12(17)5-7-13/h4-9H,1-3H3/b18-16-. The van der Waals surface area contributed by atoms with Gasteiger partial charge in [0.05, 0.1) is 15.1 Å². The number of rotatable bonds is 2. The van der Waals surface area contributed by atoms with E-state index >= 15 is 0 Å². The van der Waals surface area contributed by atoms with Crippen LogP contribution in [0.3, 0.4) is 0 Å². The monoisotopic (exact) mass is 350 g/mol. The lowest BCUT2D eigenvalue weighted by Crippen LogP contribution is -2.13. The van der Waals surface area contributed by atoms with Crippen LogP contribution < -0.4 is 4.80 Å². The van der Waals surface area contributed by atoms with Gasteiger partial charge in [-0.2, -0.15) is 8.42 Å². The van der Waals surface area contributed by atoms with Gasteiger partial charge in [0.2, 0.25) is 4.80 Å². The summed E-state index contributed by atoms with van der Waals surface area (Å²) in [6.07, 6.45) is 0. The predicted octanol–water partition coefficient (Wildman–Crippen LogP) is 3.29. The maximum absolute atomic E-state index is 13.0. The van der Waals surface area contributed by atoms with Crippen LogP contribution in [0.2, 0.25) is 0 Å². The van der Waals surface area contributed by atoms with Crippen LogP contribution in [0.15, 0.2) is 45.7 Å². The summed E-state index contributed by atoms with van der Waals surface area (Å²) in [5, 5.41) is 0. The Morgan fingerprint density at radius 3 is 2.43 bits per heavy atom. The first-order valence-electron chi connectivity index (χ1n) is 6.91. The first-order chi connectivity index (χ1) is 10.8. The first kappa shape index (κ1) is 15.9. The average Bonchev–Trinajstić information content (AvgIpc) is 2.77. The number of benzene rings is 2. The van der Waals surface area contributed by atoms with E-state index in [0.29, 0.717) is 4.80 Å². The molecule has 0 saturated carbocycles. The zero-order valence-corrected chi connectivity index (χ0v) is 14.5. The number of aryl methyl sites for hydroxylation is 3. The molecule has 7 heteroatoms. The number of nitrogens with zero attached hydrogens (tertiary/aromatic N) is 2. The number of fused-ring (bicyclic) bond motifs is 1. The fourth-order valence-corrected chi connectivity index (χ4v) is 4.71. The molecule has 23 heavy (non-hydrogen) atoms. The van der Waals surface area contributed by atoms with Crippen molar-refractivity contribution in [2.24, 2.45) is 11.4 Å². The second-order valence-electron chi connectivity index (χ2n) is 5.39. The van der Waals surface area contributed by atoms with E-state index < -0.39 is 15.8 Å². The predicted molar refractivity (Wildman–Crippen MR) is 89.4 cm³/mol. The van der Waals surface area contributed by atoms with Crippen LogP contribution in [0.4, 0.5) is 4.39 Å². The highest BCUT2D eigenvalue weighted by atomic mass is 32.2. The van der Waals surface area contributed by atoms with Gasteiger partial charge >= 0.3 is 0 Å². The highest BCUT2D eigenvalue weighted by Gasteiger charge is 2.14. The van der Waals surface area contributed by atoms with Gasteiger partial charge in [0.1, 0.15) is 5.82 Å². The third-order valence-corrected chi connectivity index (χ3v) is 6.23. The van der Waals surface area contributed by atoms with Gasteiger partial charge in [-0.1, -0.05) is 17.4 Å². The smallest absolute Gasteiger partial charge is 0.285 e. The normalized spacial score (nSPS) is 13.0. The molecule has 0 spiro atoms. The van der Waals surface area contributed by atoms with Crippen LogP contribution >= 0.6 is 11.3 Å². The molecule has 0 atom stereocenters. The number of halogens is 1. The van der Waals surface area contributed by atoms with Crippen molar-refractivity contribution in [3.8, 4) is 0 Å². The summed E-state index contributed by atoms with van der Waals surface area (Å²) in [6, 6.07) is 8.72. The van der Waals surface area contributed by atoms with Crippen molar-refractivity contribution in [3.05, 3.63) is 58.1 Å². The number of sulfonamides is 1. The molecular weight excluding hydrogens is 335 g/mol. The Balaban J connectivity index is 2.23. The van der Waals surface area contributed by atoms with E-state index in [1.54, 1.807) is 11.6 Å². The van der Waals surface area contributed by atoms with Crippen LogP contribution in [0.1, 0.15) is 11.1 Å². The summed E-state index contributed by atoms with van der Waals surface area (Å²) in [7, 11) is -2.09. The number of hydrogen-bond acceptors (Lipinski definition) is 3. The van der Waals surface area contributed by atoms with Gasteiger partial charge in [-0.15, -0.1) is 4.40 Å². The van der Waals surface area contributed by atoms with Crippen LogP contribution in [0.5, 0.6) is 0 Å². The molecule has 2 aromatic carbocycles. The molecule has 0 aliphatic carbocycles. The average molecular weight is 350 g/mol. The summed E-state index contributed by atoms with van der Waals surface area (Å²) < 4.78 is 44.5. The van der Waals surface area contributed by atoms with Crippen molar-refractivity contribution >= 4 is 31.6 Å². The van der Waals surface area contributed by atoms with Crippen LogP contribution in [0.25, 0.3) is 10.2 Å². The van der Waals surface area contributed by atoms with Crippen molar-refractivity contribution in [2.45, 2.75) is 18.7 Å². The van der Waals surface area contributed by atoms with Crippen molar-refractivity contribution < 1.29 is 12.8 Å². The van der Waals surface area contributed by atoms with E-state index in [1.807, 2.05) is 19.9 Å². The van der Waals surface area contributed by atoms with Crippen LogP contribution in [-0.2, 0) is 17.1 Å². The highest BCUT2D eigenvalue weighted by molar-refractivity contribution is 7.90. The van der Waals surface area contributed by atoms with E-state index in [0.717, 1.165) is 33.5 Å². The molecule has 0 unspecified atom stereocenters. The third kappa shape index (κ3) is 2.94. The molecule has 1 aromatic heterocycles. The summed E-state index contributed by atoms with van der Waals surface area (Å²) in [6.45, 7) is 3.99. The molecule has 3 rings (SSSR count). The van der Waals surface area contributed by atoms with Crippen LogP contribution in [0, 0.1) is 19.7 Å². The molecule has 1 heterocycles. The van der Waals surface area contributed by atoms with Gasteiger partial charge in [-0.05, 0) is 55.3 Å².